The first-order chi connectivity index (χ1) is 11.3. The van der Waals surface area contributed by atoms with E-state index in [4.69, 9.17) is 4.74 Å². The average molecular weight is 334 g/mol. The van der Waals surface area contributed by atoms with Crippen LogP contribution >= 0.6 is 11.3 Å². The Morgan fingerprint density at radius 3 is 2.70 bits per heavy atom. The monoisotopic (exact) mass is 334 g/mol. The Hall–Kier alpha value is -0.910. The highest BCUT2D eigenvalue weighted by Crippen LogP contribution is 2.44. The van der Waals surface area contributed by atoms with Crippen LogP contribution in [0.2, 0.25) is 0 Å². The molecule has 1 aliphatic heterocycles. The van der Waals surface area contributed by atoms with Crippen molar-refractivity contribution in [3.8, 4) is 0 Å². The van der Waals surface area contributed by atoms with Gasteiger partial charge in [0.25, 0.3) is 5.91 Å². The van der Waals surface area contributed by atoms with Gasteiger partial charge in [-0.2, -0.15) is 0 Å². The van der Waals surface area contributed by atoms with Gasteiger partial charge in [-0.15, -0.1) is 11.3 Å². The van der Waals surface area contributed by atoms with Crippen LogP contribution in [0.15, 0.2) is 11.4 Å². The molecule has 1 aromatic rings. The molecule has 2 atom stereocenters. The standard InChI is InChI=1S/C18H26N2O2S/c21-18(20-13-3-1-2-4-13)12-9-17(23-11-12)15-10-16(15)19-14-5-7-22-8-6-14/h9,11,13-16,19H,1-8,10H2,(H,20,21)/t15-,16-/m1/s1. The normalized spacial score (nSPS) is 28.9. The molecule has 1 saturated heterocycles. The molecular formula is C18H26N2O2S. The average Bonchev–Trinajstić information content (AvgIpc) is 2.98. The van der Waals surface area contributed by atoms with E-state index >= 15 is 0 Å². The molecule has 2 heterocycles. The largest absolute Gasteiger partial charge is 0.381 e. The molecule has 2 aliphatic carbocycles. The fraction of sp³-hybridized carbons (Fsp3) is 0.722. The van der Waals surface area contributed by atoms with Crippen LogP contribution in [0.1, 0.15) is 66.1 Å². The number of thiophene rings is 1. The van der Waals surface area contributed by atoms with E-state index in [2.05, 4.69) is 16.7 Å². The Kier molecular flexibility index (Phi) is 4.69. The highest BCUT2D eigenvalue weighted by atomic mass is 32.1. The van der Waals surface area contributed by atoms with Crippen LogP contribution in [0.25, 0.3) is 0 Å². The zero-order valence-corrected chi connectivity index (χ0v) is 14.4. The maximum Gasteiger partial charge on any atom is 0.252 e. The highest BCUT2D eigenvalue weighted by Gasteiger charge is 2.40. The third-order valence-electron chi connectivity index (χ3n) is 5.40. The summed E-state index contributed by atoms with van der Waals surface area (Å²) in [6.45, 7) is 1.78. The van der Waals surface area contributed by atoms with Crippen LogP contribution in [0, 0.1) is 0 Å². The van der Waals surface area contributed by atoms with Crippen molar-refractivity contribution in [1.29, 1.82) is 0 Å². The first kappa shape index (κ1) is 15.6. The first-order valence-corrected chi connectivity index (χ1v) is 9.90. The second-order valence-electron chi connectivity index (χ2n) is 7.19. The number of nitrogens with one attached hydrogen (secondary N) is 2. The van der Waals surface area contributed by atoms with Gasteiger partial charge in [0.15, 0.2) is 0 Å². The zero-order chi connectivity index (χ0) is 15.6. The van der Waals surface area contributed by atoms with E-state index in [0.29, 0.717) is 24.0 Å². The fourth-order valence-corrected chi connectivity index (χ4v) is 4.93. The van der Waals surface area contributed by atoms with Crippen LogP contribution < -0.4 is 10.6 Å². The summed E-state index contributed by atoms with van der Waals surface area (Å²) in [4.78, 5) is 13.7. The van der Waals surface area contributed by atoms with Crippen molar-refractivity contribution in [2.75, 3.05) is 13.2 Å². The van der Waals surface area contributed by atoms with Gasteiger partial charge in [0.1, 0.15) is 0 Å². The summed E-state index contributed by atoms with van der Waals surface area (Å²) in [5.41, 5.74) is 0.855. The number of rotatable bonds is 5. The van der Waals surface area contributed by atoms with Crippen LogP contribution in [0.4, 0.5) is 0 Å². The molecule has 3 fully saturated rings. The van der Waals surface area contributed by atoms with Crippen LogP contribution in [0.3, 0.4) is 0 Å². The number of hydrogen-bond acceptors (Lipinski definition) is 4. The van der Waals surface area contributed by atoms with E-state index < -0.39 is 0 Å². The van der Waals surface area contributed by atoms with Crippen molar-refractivity contribution in [2.45, 2.75) is 69.0 Å². The number of carbonyl (C=O) groups is 1. The molecule has 2 N–H and O–H groups in total. The van der Waals surface area contributed by atoms with Crippen molar-refractivity contribution >= 4 is 17.2 Å². The number of hydrogen-bond donors (Lipinski definition) is 2. The number of carbonyl (C=O) groups excluding carboxylic acids is 1. The topological polar surface area (TPSA) is 50.4 Å². The molecule has 0 spiro atoms. The van der Waals surface area contributed by atoms with Gasteiger partial charge in [0.2, 0.25) is 0 Å². The summed E-state index contributed by atoms with van der Waals surface area (Å²) in [5.74, 6) is 0.727. The first-order valence-electron chi connectivity index (χ1n) is 9.02. The molecule has 126 valence electrons. The minimum absolute atomic E-state index is 0.119. The molecule has 5 heteroatoms. The van der Waals surface area contributed by atoms with Crippen molar-refractivity contribution in [3.63, 3.8) is 0 Å². The van der Waals surface area contributed by atoms with E-state index in [1.165, 1.54) is 24.1 Å². The Balaban J connectivity index is 1.29. The lowest BCUT2D eigenvalue weighted by Crippen LogP contribution is -2.36. The van der Waals surface area contributed by atoms with Crippen molar-refractivity contribution in [1.82, 2.24) is 10.6 Å². The van der Waals surface area contributed by atoms with Gasteiger partial charge >= 0.3 is 0 Å². The van der Waals surface area contributed by atoms with E-state index in [1.54, 1.807) is 11.3 Å². The minimum Gasteiger partial charge on any atom is -0.381 e. The number of amides is 1. The van der Waals surface area contributed by atoms with Gasteiger partial charge in [-0.3, -0.25) is 4.79 Å². The molecule has 3 aliphatic rings. The quantitative estimate of drug-likeness (QED) is 0.870. The van der Waals surface area contributed by atoms with E-state index in [1.807, 2.05) is 5.38 Å². The van der Waals surface area contributed by atoms with Gasteiger partial charge in [0, 0.05) is 47.5 Å². The second kappa shape index (κ2) is 6.91. The third-order valence-corrected chi connectivity index (χ3v) is 6.46. The van der Waals surface area contributed by atoms with Crippen molar-refractivity contribution in [3.05, 3.63) is 21.9 Å². The van der Waals surface area contributed by atoms with Crippen molar-refractivity contribution < 1.29 is 9.53 Å². The molecule has 4 nitrogen and oxygen atoms in total. The summed E-state index contributed by atoms with van der Waals surface area (Å²) in [5, 5.41) is 8.98. The fourth-order valence-electron chi connectivity index (χ4n) is 3.87. The lowest BCUT2D eigenvalue weighted by Gasteiger charge is -2.23. The third kappa shape index (κ3) is 3.78. The maximum atomic E-state index is 12.3. The number of ether oxygens (including phenoxy) is 1. The summed E-state index contributed by atoms with van der Waals surface area (Å²) in [6, 6.07) is 3.73. The summed E-state index contributed by atoms with van der Waals surface area (Å²) >= 11 is 1.75. The van der Waals surface area contributed by atoms with E-state index in [9.17, 15) is 4.79 Å². The summed E-state index contributed by atoms with van der Waals surface area (Å²) in [7, 11) is 0. The molecule has 0 unspecified atom stereocenters. The Morgan fingerprint density at radius 1 is 1.13 bits per heavy atom. The van der Waals surface area contributed by atoms with Crippen LogP contribution in [0.5, 0.6) is 0 Å². The lowest BCUT2D eigenvalue weighted by molar-refractivity contribution is 0.0774. The lowest BCUT2D eigenvalue weighted by atomic mass is 10.1. The van der Waals surface area contributed by atoms with Gasteiger partial charge in [-0.25, -0.2) is 0 Å². The van der Waals surface area contributed by atoms with Gasteiger partial charge in [0.05, 0.1) is 5.56 Å². The predicted molar refractivity (Wildman–Crippen MR) is 92.2 cm³/mol. The molecule has 4 rings (SSSR count). The highest BCUT2D eigenvalue weighted by molar-refractivity contribution is 7.10. The van der Waals surface area contributed by atoms with Crippen molar-refractivity contribution in [2.24, 2.45) is 0 Å². The zero-order valence-electron chi connectivity index (χ0n) is 13.6. The Bertz CT molecular complexity index is 547. The van der Waals surface area contributed by atoms with E-state index in [-0.39, 0.29) is 5.91 Å². The Labute approximate surface area is 142 Å². The summed E-state index contributed by atoms with van der Waals surface area (Å²) in [6.07, 6.45) is 8.25. The Morgan fingerprint density at radius 2 is 1.91 bits per heavy atom. The second-order valence-corrected chi connectivity index (χ2v) is 8.14. The predicted octanol–water partition coefficient (Wildman–Crippen LogP) is 3.05. The summed E-state index contributed by atoms with van der Waals surface area (Å²) < 4.78 is 5.41. The molecule has 0 bridgehead atoms. The SMILES string of the molecule is O=C(NC1CCCC1)c1csc([C@@H]2C[C@H]2NC2CCOCC2)c1. The molecule has 0 radical (unpaired) electrons. The molecular weight excluding hydrogens is 308 g/mol. The van der Waals surface area contributed by atoms with Crippen LogP contribution in [-0.4, -0.2) is 37.2 Å². The molecule has 1 amide bonds. The van der Waals surface area contributed by atoms with Gasteiger partial charge in [-0.05, 0) is 38.2 Å². The van der Waals surface area contributed by atoms with Gasteiger partial charge < -0.3 is 15.4 Å². The maximum absolute atomic E-state index is 12.3. The molecule has 2 saturated carbocycles. The smallest absolute Gasteiger partial charge is 0.252 e. The molecule has 0 aromatic carbocycles. The molecule has 23 heavy (non-hydrogen) atoms. The minimum atomic E-state index is 0.119. The molecule has 1 aromatic heterocycles. The van der Waals surface area contributed by atoms with Crippen LogP contribution in [-0.2, 0) is 4.74 Å². The van der Waals surface area contributed by atoms with Gasteiger partial charge in [-0.1, -0.05) is 12.8 Å². The van der Waals surface area contributed by atoms with E-state index in [0.717, 1.165) is 44.5 Å².